The van der Waals surface area contributed by atoms with Gasteiger partial charge >= 0.3 is 11.9 Å². The number of nitrogens with two attached hydrogens (primary N) is 1. The summed E-state index contributed by atoms with van der Waals surface area (Å²) in [6, 6.07) is 0. The van der Waals surface area contributed by atoms with Gasteiger partial charge in [-0.15, -0.1) is 0 Å². The third-order valence-corrected chi connectivity index (χ3v) is 7.95. The molecular formula is C35H71N3O4. The molecule has 0 atom stereocenters. The Morgan fingerprint density at radius 3 is 1.36 bits per heavy atom. The molecule has 0 bridgehead atoms. The monoisotopic (exact) mass is 598 g/mol. The van der Waals surface area contributed by atoms with Gasteiger partial charge in [0.2, 0.25) is 0 Å². The van der Waals surface area contributed by atoms with E-state index in [1.54, 1.807) is 0 Å². The molecule has 0 aromatic rings. The number of rotatable bonds is 34. The fourth-order valence-electron chi connectivity index (χ4n) is 5.15. The van der Waals surface area contributed by atoms with E-state index in [0.717, 1.165) is 71.1 Å². The van der Waals surface area contributed by atoms with E-state index >= 15 is 0 Å². The molecule has 0 radical (unpaired) electrons. The third-order valence-electron chi connectivity index (χ3n) is 7.95. The minimum absolute atomic E-state index is 0.0885. The molecule has 0 spiro atoms. The second-order valence-electron chi connectivity index (χ2n) is 12.0. The molecule has 7 nitrogen and oxygen atoms in total. The number of ether oxygens (including phenoxy) is 2. The fraction of sp³-hybridized carbons (Fsp3) is 0.943. The molecule has 0 rings (SSSR count). The first-order valence-electron chi connectivity index (χ1n) is 18.1. The Hall–Kier alpha value is -1.18. The number of esters is 2. The molecule has 0 aromatic carbocycles. The van der Waals surface area contributed by atoms with Crippen molar-refractivity contribution in [1.82, 2.24) is 10.2 Å². The van der Waals surface area contributed by atoms with E-state index in [1.807, 2.05) is 0 Å². The summed E-state index contributed by atoms with van der Waals surface area (Å²) in [7, 11) is 0. The SMILES string of the molecule is CCCCCCCCCCCC(=O)OCCN(CCCCNCCCN)CCOC(=O)CCCCCCCCCCC. The van der Waals surface area contributed by atoms with Gasteiger partial charge in [0.25, 0.3) is 0 Å². The highest BCUT2D eigenvalue weighted by Crippen LogP contribution is 2.12. The summed E-state index contributed by atoms with van der Waals surface area (Å²) in [6.45, 7) is 10.2. The van der Waals surface area contributed by atoms with Crippen LogP contribution < -0.4 is 11.1 Å². The Kier molecular flexibility index (Phi) is 33.3. The maximum atomic E-state index is 12.2. The third kappa shape index (κ3) is 31.7. The molecular weight excluding hydrogens is 526 g/mol. The molecule has 0 amide bonds. The summed E-state index contributed by atoms with van der Waals surface area (Å²) in [5, 5.41) is 3.43. The Bertz CT molecular complexity index is 536. The second-order valence-corrected chi connectivity index (χ2v) is 12.0. The highest BCUT2D eigenvalue weighted by Gasteiger charge is 2.10. The Labute approximate surface area is 260 Å². The van der Waals surface area contributed by atoms with Crippen molar-refractivity contribution < 1.29 is 19.1 Å². The predicted molar refractivity (Wildman–Crippen MR) is 178 cm³/mol. The van der Waals surface area contributed by atoms with Crippen molar-refractivity contribution in [2.24, 2.45) is 5.73 Å². The molecule has 0 aliphatic carbocycles. The summed E-state index contributed by atoms with van der Waals surface area (Å²) in [5.41, 5.74) is 5.56. The van der Waals surface area contributed by atoms with E-state index in [0.29, 0.717) is 39.1 Å². The van der Waals surface area contributed by atoms with Crippen LogP contribution in [0.25, 0.3) is 0 Å². The van der Waals surface area contributed by atoms with Crippen LogP contribution in [0.4, 0.5) is 0 Å². The number of carbonyl (C=O) groups excluding carboxylic acids is 2. The van der Waals surface area contributed by atoms with E-state index in [2.05, 4.69) is 24.1 Å². The first-order chi connectivity index (χ1) is 20.6. The van der Waals surface area contributed by atoms with Crippen molar-refractivity contribution in [3.63, 3.8) is 0 Å². The summed E-state index contributed by atoms with van der Waals surface area (Å²) in [4.78, 5) is 26.7. The average Bonchev–Trinajstić information content (AvgIpc) is 2.98. The van der Waals surface area contributed by atoms with Crippen LogP contribution in [-0.2, 0) is 19.1 Å². The van der Waals surface area contributed by atoms with E-state index in [4.69, 9.17) is 15.2 Å². The lowest BCUT2D eigenvalue weighted by Crippen LogP contribution is -2.33. The van der Waals surface area contributed by atoms with Gasteiger partial charge in [0.05, 0.1) is 0 Å². The minimum atomic E-state index is -0.0885. The van der Waals surface area contributed by atoms with Crippen LogP contribution in [-0.4, -0.2) is 69.3 Å². The van der Waals surface area contributed by atoms with Gasteiger partial charge in [-0.2, -0.15) is 0 Å². The summed E-state index contributed by atoms with van der Waals surface area (Å²) >= 11 is 0. The number of carbonyl (C=O) groups is 2. The highest BCUT2D eigenvalue weighted by molar-refractivity contribution is 5.69. The van der Waals surface area contributed by atoms with Gasteiger partial charge in [0.1, 0.15) is 13.2 Å². The summed E-state index contributed by atoms with van der Waals surface area (Å²) in [5.74, 6) is -0.177. The predicted octanol–water partition coefficient (Wildman–Crippen LogP) is 7.94. The first kappa shape index (κ1) is 40.8. The van der Waals surface area contributed by atoms with Gasteiger partial charge in [-0.05, 0) is 58.3 Å². The van der Waals surface area contributed by atoms with Crippen molar-refractivity contribution >= 4 is 11.9 Å². The van der Waals surface area contributed by atoms with Crippen LogP contribution in [0.5, 0.6) is 0 Å². The molecule has 250 valence electrons. The van der Waals surface area contributed by atoms with Crippen molar-refractivity contribution in [3.8, 4) is 0 Å². The van der Waals surface area contributed by atoms with Crippen molar-refractivity contribution in [3.05, 3.63) is 0 Å². The number of hydrogen-bond acceptors (Lipinski definition) is 7. The summed E-state index contributed by atoms with van der Waals surface area (Å²) in [6.07, 6.45) is 26.5. The topological polar surface area (TPSA) is 93.9 Å². The van der Waals surface area contributed by atoms with E-state index < -0.39 is 0 Å². The molecule has 0 saturated carbocycles. The quantitative estimate of drug-likeness (QED) is 0.0574. The Morgan fingerprint density at radius 1 is 0.524 bits per heavy atom. The molecule has 0 aliphatic heterocycles. The van der Waals surface area contributed by atoms with Crippen molar-refractivity contribution in [2.45, 2.75) is 162 Å². The van der Waals surface area contributed by atoms with Gasteiger partial charge in [-0.3, -0.25) is 14.5 Å². The zero-order valence-corrected chi connectivity index (χ0v) is 28.1. The minimum Gasteiger partial charge on any atom is -0.464 e. The molecule has 42 heavy (non-hydrogen) atoms. The molecule has 0 aromatic heterocycles. The van der Waals surface area contributed by atoms with E-state index in [-0.39, 0.29) is 11.9 Å². The van der Waals surface area contributed by atoms with Crippen LogP contribution in [0.1, 0.15) is 162 Å². The van der Waals surface area contributed by atoms with Gasteiger partial charge < -0.3 is 20.5 Å². The van der Waals surface area contributed by atoms with Gasteiger partial charge in [-0.1, -0.05) is 117 Å². The van der Waals surface area contributed by atoms with Gasteiger partial charge in [0, 0.05) is 25.9 Å². The van der Waals surface area contributed by atoms with Crippen LogP contribution in [0.2, 0.25) is 0 Å². The highest BCUT2D eigenvalue weighted by atomic mass is 16.5. The van der Waals surface area contributed by atoms with Gasteiger partial charge in [0.15, 0.2) is 0 Å². The van der Waals surface area contributed by atoms with Crippen LogP contribution in [0, 0.1) is 0 Å². The lowest BCUT2D eigenvalue weighted by molar-refractivity contribution is -0.144. The Balaban J connectivity index is 4.08. The normalized spacial score (nSPS) is 11.3. The number of hydrogen-bond donors (Lipinski definition) is 2. The molecule has 0 fully saturated rings. The van der Waals surface area contributed by atoms with Gasteiger partial charge in [-0.25, -0.2) is 0 Å². The maximum Gasteiger partial charge on any atom is 0.305 e. The standard InChI is InChI=1S/C35H71N3O4/c1-3-5-7-9-11-13-15-17-19-24-34(39)41-32-30-38(29-22-21-27-37-28-23-26-36)31-33-42-35(40)25-20-18-16-14-12-10-8-6-4-2/h37H,3-33,36H2,1-2H3. The summed E-state index contributed by atoms with van der Waals surface area (Å²) < 4.78 is 11.1. The van der Waals surface area contributed by atoms with Crippen LogP contribution >= 0.6 is 0 Å². The molecule has 0 saturated heterocycles. The lowest BCUT2D eigenvalue weighted by atomic mass is 10.1. The zero-order chi connectivity index (χ0) is 30.8. The number of nitrogens with one attached hydrogen (secondary N) is 1. The Morgan fingerprint density at radius 2 is 0.929 bits per heavy atom. The smallest absolute Gasteiger partial charge is 0.305 e. The molecule has 0 aliphatic rings. The van der Waals surface area contributed by atoms with E-state index in [1.165, 1.54) is 89.9 Å². The van der Waals surface area contributed by atoms with Crippen LogP contribution in [0.15, 0.2) is 0 Å². The van der Waals surface area contributed by atoms with E-state index in [9.17, 15) is 9.59 Å². The van der Waals surface area contributed by atoms with Crippen molar-refractivity contribution in [2.75, 3.05) is 52.5 Å². The zero-order valence-electron chi connectivity index (χ0n) is 28.1. The molecule has 7 heteroatoms. The number of nitrogens with zero attached hydrogens (tertiary/aromatic N) is 1. The maximum absolute atomic E-state index is 12.2. The number of unbranched alkanes of at least 4 members (excludes halogenated alkanes) is 17. The van der Waals surface area contributed by atoms with Crippen molar-refractivity contribution in [1.29, 1.82) is 0 Å². The first-order valence-corrected chi connectivity index (χ1v) is 18.1. The molecule has 3 N–H and O–H groups in total. The average molecular weight is 598 g/mol. The van der Waals surface area contributed by atoms with Crippen LogP contribution in [0.3, 0.4) is 0 Å². The fourth-order valence-corrected chi connectivity index (χ4v) is 5.15. The molecule has 0 unspecified atom stereocenters. The largest absolute Gasteiger partial charge is 0.464 e. The lowest BCUT2D eigenvalue weighted by Gasteiger charge is -2.22. The second kappa shape index (κ2) is 34.3. The molecule has 0 heterocycles.